The maximum atomic E-state index is 6.55. The molecule has 0 bridgehead atoms. The van der Waals surface area contributed by atoms with E-state index in [0.717, 1.165) is 56.6 Å². The molecule has 162 valence electrons. The number of nitrogens with two attached hydrogens (primary N) is 1. The van der Waals surface area contributed by atoms with Crippen LogP contribution in [0.2, 0.25) is 0 Å². The normalized spacial score (nSPS) is 14.8. The summed E-state index contributed by atoms with van der Waals surface area (Å²) < 4.78 is 2.76. The van der Waals surface area contributed by atoms with Crippen molar-refractivity contribution in [2.24, 2.45) is 5.73 Å². The Morgan fingerprint density at radius 2 is 1.36 bits per heavy atom. The maximum absolute atomic E-state index is 6.55. The Balaban J connectivity index is 1.54. The summed E-state index contributed by atoms with van der Waals surface area (Å²) in [6, 6.07) is 29.2. The summed E-state index contributed by atoms with van der Waals surface area (Å²) in [6.07, 6.45) is 5.38. The molecule has 5 aromatic rings. The van der Waals surface area contributed by atoms with Crippen LogP contribution >= 0.6 is 15.9 Å². The molecule has 0 atom stereocenters. The molecule has 2 aromatic heterocycles. The SMILES string of the molecule is NC1(c2ccc(-c3nc4c(Br)c(-c5ccccc5)nn4cc3-c3ccccc3)cc2)CCC1. The average molecular weight is 495 g/mol. The summed E-state index contributed by atoms with van der Waals surface area (Å²) in [4.78, 5) is 5.12. The molecule has 5 heteroatoms. The Hall–Kier alpha value is -3.28. The molecule has 3 aromatic carbocycles. The van der Waals surface area contributed by atoms with E-state index in [0.29, 0.717) is 0 Å². The van der Waals surface area contributed by atoms with Crippen LogP contribution in [0, 0.1) is 0 Å². The van der Waals surface area contributed by atoms with Crippen LogP contribution in [0.3, 0.4) is 0 Å². The van der Waals surface area contributed by atoms with Gasteiger partial charge < -0.3 is 5.73 Å². The quantitative estimate of drug-likeness (QED) is 0.297. The van der Waals surface area contributed by atoms with Gasteiger partial charge in [0.25, 0.3) is 0 Å². The van der Waals surface area contributed by atoms with Gasteiger partial charge in [-0.15, -0.1) is 0 Å². The van der Waals surface area contributed by atoms with Crippen LogP contribution in [0.15, 0.2) is 95.6 Å². The highest BCUT2D eigenvalue weighted by molar-refractivity contribution is 9.10. The van der Waals surface area contributed by atoms with E-state index in [4.69, 9.17) is 15.8 Å². The number of hydrogen-bond acceptors (Lipinski definition) is 3. The van der Waals surface area contributed by atoms with E-state index in [1.54, 1.807) is 0 Å². The number of fused-ring (bicyclic) bond motifs is 1. The Morgan fingerprint density at radius 1 is 0.758 bits per heavy atom. The van der Waals surface area contributed by atoms with Gasteiger partial charge in [0.2, 0.25) is 0 Å². The first-order valence-electron chi connectivity index (χ1n) is 11.2. The summed E-state index contributed by atoms with van der Waals surface area (Å²) in [7, 11) is 0. The maximum Gasteiger partial charge on any atom is 0.170 e. The first kappa shape index (κ1) is 20.3. The molecule has 0 amide bonds. The van der Waals surface area contributed by atoms with Crippen LogP contribution in [0.4, 0.5) is 0 Å². The Morgan fingerprint density at radius 3 is 1.97 bits per heavy atom. The summed E-state index contributed by atoms with van der Waals surface area (Å²) in [5.41, 5.74) is 14.5. The zero-order valence-electron chi connectivity index (χ0n) is 18.1. The second kappa shape index (κ2) is 7.94. The molecule has 0 saturated heterocycles. The minimum atomic E-state index is -0.169. The van der Waals surface area contributed by atoms with Gasteiger partial charge in [-0.05, 0) is 46.3 Å². The molecule has 0 unspecified atom stereocenters. The number of nitrogens with zero attached hydrogens (tertiary/aromatic N) is 3. The van der Waals surface area contributed by atoms with E-state index >= 15 is 0 Å². The number of rotatable bonds is 4. The molecule has 0 radical (unpaired) electrons. The Labute approximate surface area is 201 Å². The van der Waals surface area contributed by atoms with Crippen LogP contribution in [0.1, 0.15) is 24.8 Å². The van der Waals surface area contributed by atoms with Crippen LogP contribution < -0.4 is 5.73 Å². The van der Waals surface area contributed by atoms with E-state index in [1.165, 1.54) is 12.0 Å². The van der Waals surface area contributed by atoms with E-state index in [-0.39, 0.29) is 5.54 Å². The standard InChI is InChI=1S/C28H23BrN4/c29-24-26(20-10-5-2-6-11-20)32-33-18-23(19-8-3-1-4-9-19)25(31-27(24)33)21-12-14-22(15-13-21)28(30)16-7-17-28/h1-6,8-15,18H,7,16-17,30H2. The minimum Gasteiger partial charge on any atom is -0.321 e. The smallest absolute Gasteiger partial charge is 0.170 e. The number of halogens is 1. The van der Waals surface area contributed by atoms with Gasteiger partial charge in [0.1, 0.15) is 5.69 Å². The van der Waals surface area contributed by atoms with Crippen LogP contribution in [-0.2, 0) is 5.54 Å². The zero-order valence-corrected chi connectivity index (χ0v) is 19.7. The fourth-order valence-electron chi connectivity index (χ4n) is 4.58. The fourth-order valence-corrected chi connectivity index (χ4v) is 5.16. The number of aromatic nitrogens is 3. The van der Waals surface area contributed by atoms with Crippen molar-refractivity contribution in [1.29, 1.82) is 0 Å². The van der Waals surface area contributed by atoms with Crippen molar-refractivity contribution in [3.8, 4) is 33.6 Å². The highest BCUT2D eigenvalue weighted by Gasteiger charge is 2.34. The molecule has 1 fully saturated rings. The molecule has 1 aliphatic carbocycles. The van der Waals surface area contributed by atoms with E-state index in [2.05, 4.69) is 82.8 Å². The largest absolute Gasteiger partial charge is 0.321 e. The summed E-state index contributed by atoms with van der Waals surface area (Å²) >= 11 is 3.77. The van der Waals surface area contributed by atoms with Crippen LogP contribution in [-0.4, -0.2) is 14.6 Å². The van der Waals surface area contributed by atoms with Gasteiger partial charge in [0.05, 0.1) is 10.2 Å². The second-order valence-electron chi connectivity index (χ2n) is 8.75. The third-order valence-electron chi connectivity index (χ3n) is 6.66. The number of benzene rings is 3. The van der Waals surface area contributed by atoms with Gasteiger partial charge in [0.15, 0.2) is 5.65 Å². The first-order chi connectivity index (χ1) is 16.1. The van der Waals surface area contributed by atoms with Crippen molar-refractivity contribution < 1.29 is 0 Å². The topological polar surface area (TPSA) is 56.2 Å². The number of hydrogen-bond donors (Lipinski definition) is 1. The highest BCUT2D eigenvalue weighted by Crippen LogP contribution is 2.40. The van der Waals surface area contributed by atoms with Crippen molar-refractivity contribution in [2.75, 3.05) is 0 Å². The summed E-state index contributed by atoms with van der Waals surface area (Å²) in [6.45, 7) is 0. The Bertz CT molecular complexity index is 1440. The summed E-state index contributed by atoms with van der Waals surface area (Å²) in [5.74, 6) is 0. The second-order valence-corrected chi connectivity index (χ2v) is 9.55. The van der Waals surface area contributed by atoms with Gasteiger partial charge in [-0.25, -0.2) is 9.50 Å². The lowest BCUT2D eigenvalue weighted by Crippen LogP contribution is -2.43. The summed E-state index contributed by atoms with van der Waals surface area (Å²) in [5, 5.41) is 4.86. The molecule has 2 heterocycles. The van der Waals surface area contributed by atoms with Crippen LogP contribution in [0.5, 0.6) is 0 Å². The predicted octanol–water partition coefficient (Wildman–Crippen LogP) is 6.83. The van der Waals surface area contributed by atoms with Crippen molar-refractivity contribution >= 4 is 21.6 Å². The minimum absolute atomic E-state index is 0.169. The van der Waals surface area contributed by atoms with Gasteiger partial charge >= 0.3 is 0 Å². The molecule has 6 rings (SSSR count). The van der Waals surface area contributed by atoms with Gasteiger partial charge in [0, 0.05) is 28.4 Å². The molecule has 33 heavy (non-hydrogen) atoms. The van der Waals surface area contributed by atoms with Crippen LogP contribution in [0.25, 0.3) is 39.3 Å². The molecular weight excluding hydrogens is 472 g/mol. The molecule has 2 N–H and O–H groups in total. The molecular formula is C28H23BrN4. The lowest BCUT2D eigenvalue weighted by atomic mass is 9.72. The highest BCUT2D eigenvalue weighted by atomic mass is 79.9. The molecule has 1 aliphatic rings. The van der Waals surface area contributed by atoms with E-state index in [9.17, 15) is 0 Å². The molecule has 0 spiro atoms. The molecule has 0 aliphatic heterocycles. The average Bonchev–Trinajstić information content (AvgIpc) is 3.18. The Kier molecular flexibility index (Phi) is 4.89. The molecule has 4 nitrogen and oxygen atoms in total. The van der Waals surface area contributed by atoms with Gasteiger partial charge in [-0.2, -0.15) is 5.10 Å². The lowest BCUT2D eigenvalue weighted by Gasteiger charge is -2.38. The van der Waals surface area contributed by atoms with E-state index in [1.807, 2.05) is 28.8 Å². The lowest BCUT2D eigenvalue weighted by molar-refractivity contribution is 0.253. The van der Waals surface area contributed by atoms with Crippen molar-refractivity contribution in [3.63, 3.8) is 0 Å². The van der Waals surface area contributed by atoms with Gasteiger partial charge in [-0.3, -0.25) is 0 Å². The molecule has 1 saturated carbocycles. The third-order valence-corrected chi connectivity index (χ3v) is 7.39. The predicted molar refractivity (Wildman–Crippen MR) is 137 cm³/mol. The monoisotopic (exact) mass is 494 g/mol. The van der Waals surface area contributed by atoms with Crippen molar-refractivity contribution in [3.05, 3.63) is 101 Å². The fraction of sp³-hybridized carbons (Fsp3) is 0.143. The van der Waals surface area contributed by atoms with Crippen molar-refractivity contribution in [1.82, 2.24) is 14.6 Å². The third kappa shape index (κ3) is 3.48. The van der Waals surface area contributed by atoms with Gasteiger partial charge in [-0.1, -0.05) is 84.9 Å². The first-order valence-corrected chi connectivity index (χ1v) is 12.0. The van der Waals surface area contributed by atoms with E-state index < -0.39 is 0 Å². The van der Waals surface area contributed by atoms with Crippen molar-refractivity contribution in [2.45, 2.75) is 24.8 Å². The zero-order chi connectivity index (χ0) is 22.4.